The number of halogens is 1. The lowest BCUT2D eigenvalue weighted by molar-refractivity contribution is 0.318. The molecule has 4 aromatic rings. The predicted molar refractivity (Wildman–Crippen MR) is 113 cm³/mol. The van der Waals surface area contributed by atoms with E-state index >= 15 is 0 Å². The molecule has 30 heavy (non-hydrogen) atoms. The van der Waals surface area contributed by atoms with Crippen LogP contribution in [-0.2, 0) is 6.54 Å². The molecule has 1 aliphatic rings. The van der Waals surface area contributed by atoms with E-state index in [1.54, 1.807) is 12.1 Å². The van der Waals surface area contributed by atoms with Crippen LogP contribution in [-0.4, -0.2) is 37.6 Å². The van der Waals surface area contributed by atoms with Gasteiger partial charge >= 0.3 is 0 Å². The maximum atomic E-state index is 13.7. The number of nitrogens with one attached hydrogen (secondary N) is 1. The van der Waals surface area contributed by atoms with Gasteiger partial charge in [-0.2, -0.15) is 5.10 Å². The van der Waals surface area contributed by atoms with Crippen LogP contribution in [0.25, 0.3) is 16.9 Å². The number of likely N-dealkylation sites (tertiary alicyclic amines) is 1. The Morgan fingerprint density at radius 1 is 1.13 bits per heavy atom. The Kier molecular flexibility index (Phi) is 4.67. The molecule has 5 rings (SSSR count). The topological polar surface area (TPSA) is 66.3 Å². The molecule has 0 bridgehead atoms. The number of H-pyrrole nitrogens is 1. The highest BCUT2D eigenvalue weighted by atomic mass is 19.1. The summed E-state index contributed by atoms with van der Waals surface area (Å²) in [5, 5.41) is 4.73. The lowest BCUT2D eigenvalue weighted by atomic mass is 9.97. The number of benzene rings is 2. The molecule has 6 nitrogen and oxygen atoms in total. The van der Waals surface area contributed by atoms with E-state index in [1.807, 2.05) is 18.2 Å². The fourth-order valence-electron chi connectivity index (χ4n) is 4.30. The summed E-state index contributed by atoms with van der Waals surface area (Å²) < 4.78 is 15.2. The molecule has 0 aliphatic carbocycles. The summed E-state index contributed by atoms with van der Waals surface area (Å²) in [6.07, 6.45) is 1.48. The van der Waals surface area contributed by atoms with Gasteiger partial charge in [-0.3, -0.25) is 9.69 Å². The quantitative estimate of drug-likeness (QED) is 0.567. The molecule has 1 saturated heterocycles. The molecule has 3 heterocycles. The third-order valence-corrected chi connectivity index (χ3v) is 5.79. The standard InChI is InChI=1S/C23H22FN5O/c1-15-12-28(13-16-6-3-2-4-7-16)14-19(15)21-26-23(30)20-11-25-22(29(20)27-21)17-8-5-9-18(24)10-17/h2-11,15,19H,12-14H2,1H3,(H,26,27,30). The van der Waals surface area contributed by atoms with Crippen LogP contribution < -0.4 is 5.56 Å². The fourth-order valence-corrected chi connectivity index (χ4v) is 4.30. The van der Waals surface area contributed by atoms with Crippen molar-refractivity contribution in [1.29, 1.82) is 0 Å². The molecule has 0 radical (unpaired) electrons. The number of hydrogen-bond acceptors (Lipinski definition) is 4. The number of fused-ring (bicyclic) bond motifs is 1. The van der Waals surface area contributed by atoms with E-state index < -0.39 is 0 Å². The molecule has 2 atom stereocenters. The second-order valence-electron chi connectivity index (χ2n) is 7.99. The van der Waals surface area contributed by atoms with Crippen molar-refractivity contribution in [2.75, 3.05) is 13.1 Å². The number of aromatic nitrogens is 4. The van der Waals surface area contributed by atoms with E-state index in [0.717, 1.165) is 19.6 Å². The summed E-state index contributed by atoms with van der Waals surface area (Å²) in [6.45, 7) is 4.80. The van der Waals surface area contributed by atoms with Crippen molar-refractivity contribution in [3.05, 3.63) is 88.4 Å². The van der Waals surface area contributed by atoms with Gasteiger partial charge in [0.15, 0.2) is 11.3 Å². The molecule has 2 unspecified atom stereocenters. The molecule has 1 aliphatic heterocycles. The first-order valence-electron chi connectivity index (χ1n) is 10.1. The summed E-state index contributed by atoms with van der Waals surface area (Å²) in [4.78, 5) is 22.4. The lowest BCUT2D eigenvalue weighted by Crippen LogP contribution is -2.23. The summed E-state index contributed by atoms with van der Waals surface area (Å²) in [5.74, 6) is 1.20. The molecule has 0 saturated carbocycles. The van der Waals surface area contributed by atoms with E-state index in [1.165, 1.54) is 28.4 Å². The van der Waals surface area contributed by atoms with Gasteiger partial charge in [-0.15, -0.1) is 0 Å². The van der Waals surface area contributed by atoms with Crippen LogP contribution in [0.15, 0.2) is 65.6 Å². The zero-order chi connectivity index (χ0) is 20.7. The molecule has 0 spiro atoms. The Balaban J connectivity index is 1.48. The minimum atomic E-state index is -0.352. The minimum absolute atomic E-state index is 0.105. The molecule has 1 fully saturated rings. The number of aromatic amines is 1. The first-order chi connectivity index (χ1) is 14.6. The van der Waals surface area contributed by atoms with E-state index in [0.29, 0.717) is 28.6 Å². The second kappa shape index (κ2) is 7.50. The van der Waals surface area contributed by atoms with Crippen molar-refractivity contribution in [3.63, 3.8) is 0 Å². The van der Waals surface area contributed by atoms with Crippen LogP contribution in [0.4, 0.5) is 4.39 Å². The summed E-state index contributed by atoms with van der Waals surface area (Å²) in [6, 6.07) is 16.5. The van der Waals surface area contributed by atoms with E-state index in [9.17, 15) is 9.18 Å². The highest BCUT2D eigenvalue weighted by molar-refractivity contribution is 5.60. The molecule has 7 heteroatoms. The van der Waals surface area contributed by atoms with Gasteiger partial charge in [-0.25, -0.2) is 13.9 Å². The second-order valence-corrected chi connectivity index (χ2v) is 7.99. The summed E-state index contributed by atoms with van der Waals surface area (Å²) >= 11 is 0. The molecule has 1 N–H and O–H groups in total. The Morgan fingerprint density at radius 3 is 2.77 bits per heavy atom. The predicted octanol–water partition coefficient (Wildman–Crippen LogP) is 3.46. The van der Waals surface area contributed by atoms with Crippen LogP contribution in [0.5, 0.6) is 0 Å². The first-order valence-corrected chi connectivity index (χ1v) is 10.1. The normalized spacial score (nSPS) is 19.5. The lowest BCUT2D eigenvalue weighted by Gasteiger charge is -2.16. The summed E-state index contributed by atoms with van der Waals surface area (Å²) in [5.41, 5.74) is 1.98. The molecule has 152 valence electrons. The van der Waals surface area contributed by atoms with Crippen LogP contribution in [0.3, 0.4) is 0 Å². The summed E-state index contributed by atoms with van der Waals surface area (Å²) in [7, 11) is 0. The van der Waals surface area contributed by atoms with Crippen molar-refractivity contribution in [1.82, 2.24) is 24.5 Å². The van der Waals surface area contributed by atoms with Crippen molar-refractivity contribution in [3.8, 4) is 11.4 Å². The van der Waals surface area contributed by atoms with Crippen LogP contribution in [0.1, 0.15) is 24.2 Å². The van der Waals surface area contributed by atoms with Gasteiger partial charge in [0, 0.05) is 31.1 Å². The maximum Gasteiger partial charge on any atom is 0.276 e. The molecular weight excluding hydrogens is 381 g/mol. The molecule has 0 amide bonds. The van der Waals surface area contributed by atoms with Gasteiger partial charge in [0.2, 0.25) is 0 Å². The average molecular weight is 403 g/mol. The third-order valence-electron chi connectivity index (χ3n) is 5.79. The molecule has 2 aromatic heterocycles. The number of rotatable bonds is 4. The number of nitrogens with zero attached hydrogens (tertiary/aromatic N) is 4. The van der Waals surface area contributed by atoms with Gasteiger partial charge in [-0.1, -0.05) is 49.4 Å². The van der Waals surface area contributed by atoms with Crippen molar-refractivity contribution in [2.45, 2.75) is 19.4 Å². The Labute approximate surface area is 173 Å². The Morgan fingerprint density at radius 2 is 1.97 bits per heavy atom. The van der Waals surface area contributed by atoms with Crippen LogP contribution >= 0.6 is 0 Å². The van der Waals surface area contributed by atoms with E-state index in [-0.39, 0.29) is 17.3 Å². The van der Waals surface area contributed by atoms with Crippen molar-refractivity contribution in [2.24, 2.45) is 5.92 Å². The van der Waals surface area contributed by atoms with Gasteiger partial charge in [0.25, 0.3) is 5.56 Å². The monoisotopic (exact) mass is 403 g/mol. The average Bonchev–Trinajstić information content (AvgIpc) is 3.32. The maximum absolute atomic E-state index is 13.7. The number of hydrogen-bond donors (Lipinski definition) is 1. The van der Waals surface area contributed by atoms with E-state index in [4.69, 9.17) is 5.10 Å². The van der Waals surface area contributed by atoms with Crippen molar-refractivity contribution >= 4 is 5.52 Å². The van der Waals surface area contributed by atoms with Gasteiger partial charge in [0.1, 0.15) is 11.6 Å². The van der Waals surface area contributed by atoms with Crippen molar-refractivity contribution < 1.29 is 4.39 Å². The van der Waals surface area contributed by atoms with Gasteiger partial charge in [-0.05, 0) is 23.6 Å². The highest BCUT2D eigenvalue weighted by Crippen LogP contribution is 2.31. The fraction of sp³-hybridized carbons (Fsp3) is 0.261. The zero-order valence-corrected chi connectivity index (χ0v) is 16.6. The van der Waals surface area contributed by atoms with Gasteiger partial charge < -0.3 is 4.98 Å². The third kappa shape index (κ3) is 3.41. The molecule has 2 aromatic carbocycles. The van der Waals surface area contributed by atoms with Crippen LogP contribution in [0.2, 0.25) is 0 Å². The zero-order valence-electron chi connectivity index (χ0n) is 16.6. The smallest absolute Gasteiger partial charge is 0.276 e. The Hall–Kier alpha value is -3.32. The highest BCUT2D eigenvalue weighted by Gasteiger charge is 2.33. The SMILES string of the molecule is CC1CN(Cc2ccccc2)CC1c1nn2c(-c3cccc(F)c3)ncc2c(=O)[nH]1. The largest absolute Gasteiger partial charge is 0.307 e. The first kappa shape index (κ1) is 18.7. The Bertz CT molecular complexity index is 1250. The number of imidazole rings is 1. The molecular formula is C23H22FN5O. The minimum Gasteiger partial charge on any atom is -0.307 e. The van der Waals surface area contributed by atoms with E-state index in [2.05, 4.69) is 33.9 Å². The van der Waals surface area contributed by atoms with Crippen LogP contribution in [0, 0.1) is 11.7 Å². The van der Waals surface area contributed by atoms with Gasteiger partial charge in [0.05, 0.1) is 6.20 Å².